The Labute approximate surface area is 93.6 Å². The predicted octanol–water partition coefficient (Wildman–Crippen LogP) is 1.13. The van der Waals surface area contributed by atoms with E-state index in [1.165, 1.54) is 0 Å². The monoisotopic (exact) mass is 223 g/mol. The summed E-state index contributed by atoms with van der Waals surface area (Å²) in [5, 5.41) is 3.38. The number of rotatable bonds is 6. The van der Waals surface area contributed by atoms with Gasteiger partial charge in [0.05, 0.1) is 26.8 Å². The first-order valence-corrected chi connectivity index (χ1v) is 4.91. The zero-order valence-electron chi connectivity index (χ0n) is 9.22. The summed E-state index contributed by atoms with van der Waals surface area (Å²) >= 11 is 0. The third kappa shape index (κ3) is 3.34. The van der Waals surface area contributed by atoms with Crippen molar-refractivity contribution in [1.29, 1.82) is 0 Å². The molecule has 0 aliphatic heterocycles. The van der Waals surface area contributed by atoms with E-state index in [2.05, 4.69) is 15.8 Å². The second-order valence-electron chi connectivity index (χ2n) is 3.04. The van der Waals surface area contributed by atoms with Gasteiger partial charge in [-0.2, -0.15) is 0 Å². The number of hydrogen-bond acceptors (Lipinski definition) is 3. The Bertz CT molecular complexity index is 388. The van der Waals surface area contributed by atoms with Gasteiger partial charge in [-0.05, 0) is 23.7 Å². The van der Waals surface area contributed by atoms with Gasteiger partial charge in [0.25, 0.3) is 0 Å². The number of ether oxygens (including phenoxy) is 2. The Kier molecular flexibility index (Phi) is 4.98. The molecule has 0 bridgehead atoms. The van der Waals surface area contributed by atoms with Gasteiger partial charge in [-0.25, -0.2) is 0 Å². The van der Waals surface area contributed by atoms with Crippen molar-refractivity contribution in [3.8, 4) is 11.5 Å². The van der Waals surface area contributed by atoms with Crippen LogP contribution in [0.2, 0.25) is 0 Å². The van der Waals surface area contributed by atoms with Gasteiger partial charge in [-0.1, -0.05) is 5.11 Å². The highest BCUT2D eigenvalue weighted by molar-refractivity contribution is 5.42. The molecule has 1 aromatic carbocycles. The van der Waals surface area contributed by atoms with E-state index >= 15 is 0 Å². The molecule has 0 spiro atoms. The van der Waals surface area contributed by atoms with E-state index in [9.17, 15) is 0 Å². The largest absolute Gasteiger partial charge is 0.493 e. The van der Waals surface area contributed by atoms with Crippen LogP contribution >= 0.6 is 0 Å². The molecule has 0 amide bonds. The maximum atomic E-state index is 8.10. The molecule has 3 N–H and O–H groups in total. The van der Waals surface area contributed by atoms with Crippen molar-refractivity contribution in [3.63, 3.8) is 0 Å². The summed E-state index contributed by atoms with van der Waals surface area (Å²) in [6, 6.07) is 5.64. The second kappa shape index (κ2) is 6.55. The lowest BCUT2D eigenvalue weighted by Gasteiger charge is -2.10. The average Bonchev–Trinajstić information content (AvgIpc) is 2.34. The zero-order chi connectivity index (χ0) is 11.8. The van der Waals surface area contributed by atoms with Crippen molar-refractivity contribution in [2.24, 2.45) is 5.11 Å². The zero-order valence-corrected chi connectivity index (χ0v) is 9.22. The first kappa shape index (κ1) is 12.2. The standard InChI is InChI=1S/C10H14N4O2/c1-15-10-6-8(7-11)2-3-9(10)16-5-4-13-14-12/h2-3,6H,4-5,7,11H2,1H3/p+1. The Morgan fingerprint density at radius 1 is 1.44 bits per heavy atom. The van der Waals surface area contributed by atoms with Gasteiger partial charge in [0, 0.05) is 10.5 Å². The van der Waals surface area contributed by atoms with E-state index in [1.54, 1.807) is 7.11 Å². The minimum absolute atomic E-state index is 0.302. The summed E-state index contributed by atoms with van der Waals surface area (Å²) in [6.45, 7) is 1.34. The fourth-order valence-electron chi connectivity index (χ4n) is 1.23. The Hall–Kier alpha value is -1.91. The molecule has 6 nitrogen and oxygen atoms in total. The minimum atomic E-state index is 0.302. The van der Waals surface area contributed by atoms with Gasteiger partial charge in [0.15, 0.2) is 11.5 Å². The first-order valence-electron chi connectivity index (χ1n) is 4.91. The molecule has 0 saturated carbocycles. The molecule has 86 valence electrons. The number of hydrogen-bond donors (Lipinski definition) is 1. The molecular formula is C10H15N4O2+. The molecule has 0 fully saturated rings. The summed E-state index contributed by atoms with van der Waals surface area (Å²) in [7, 11) is 1.59. The first-order chi connectivity index (χ1) is 7.81. The fourth-order valence-corrected chi connectivity index (χ4v) is 1.23. The molecule has 0 heterocycles. The van der Waals surface area contributed by atoms with Gasteiger partial charge in [0.1, 0.15) is 0 Å². The Morgan fingerprint density at radius 3 is 2.88 bits per heavy atom. The van der Waals surface area contributed by atoms with Crippen molar-refractivity contribution in [1.82, 2.24) is 0 Å². The molecule has 0 atom stereocenters. The summed E-state index contributed by atoms with van der Waals surface area (Å²) < 4.78 is 10.6. The van der Waals surface area contributed by atoms with Gasteiger partial charge < -0.3 is 15.2 Å². The van der Waals surface area contributed by atoms with Crippen LogP contribution in [0.15, 0.2) is 23.3 Å². The van der Waals surface area contributed by atoms with Crippen LogP contribution in [0.25, 0.3) is 10.4 Å². The van der Waals surface area contributed by atoms with Crippen LogP contribution in [-0.2, 0) is 6.54 Å². The van der Waals surface area contributed by atoms with Crippen molar-refractivity contribution in [3.05, 3.63) is 34.2 Å². The van der Waals surface area contributed by atoms with Crippen LogP contribution in [0.3, 0.4) is 0 Å². The molecule has 0 saturated heterocycles. The highest BCUT2D eigenvalue weighted by atomic mass is 16.5. The maximum Gasteiger partial charge on any atom is 0.161 e. The maximum absolute atomic E-state index is 8.10. The number of azide groups is 1. The SMILES string of the molecule is COc1cc(C[NH3+])ccc1OCCN=[N+]=[N-]. The number of methoxy groups -OCH3 is 1. The van der Waals surface area contributed by atoms with Gasteiger partial charge in [-0.15, -0.1) is 0 Å². The van der Waals surface area contributed by atoms with Crippen LogP contribution in [0, 0.1) is 0 Å². The topological polar surface area (TPSA) is 94.9 Å². The number of nitrogens with zero attached hydrogens (tertiary/aromatic N) is 3. The highest BCUT2D eigenvalue weighted by Gasteiger charge is 2.05. The summed E-state index contributed by atoms with van der Waals surface area (Å²) in [4.78, 5) is 2.64. The smallest absolute Gasteiger partial charge is 0.161 e. The van der Waals surface area contributed by atoms with E-state index in [1.807, 2.05) is 18.2 Å². The average molecular weight is 223 g/mol. The minimum Gasteiger partial charge on any atom is -0.493 e. The fraction of sp³-hybridized carbons (Fsp3) is 0.400. The number of benzene rings is 1. The van der Waals surface area contributed by atoms with Crippen molar-refractivity contribution in [2.75, 3.05) is 20.3 Å². The van der Waals surface area contributed by atoms with Gasteiger partial charge in [0.2, 0.25) is 0 Å². The Morgan fingerprint density at radius 2 is 2.25 bits per heavy atom. The summed E-state index contributed by atoms with van der Waals surface area (Å²) in [5.41, 5.74) is 13.0. The van der Waals surface area contributed by atoms with Gasteiger partial charge >= 0.3 is 0 Å². The highest BCUT2D eigenvalue weighted by Crippen LogP contribution is 2.27. The van der Waals surface area contributed by atoms with Crippen LogP contribution in [0.1, 0.15) is 5.56 Å². The van der Waals surface area contributed by atoms with E-state index in [0.29, 0.717) is 31.2 Å². The van der Waals surface area contributed by atoms with E-state index in [-0.39, 0.29) is 0 Å². The van der Waals surface area contributed by atoms with Gasteiger partial charge in [-0.3, -0.25) is 0 Å². The molecular weight excluding hydrogens is 208 g/mol. The van der Waals surface area contributed by atoms with Crippen LogP contribution in [0.4, 0.5) is 0 Å². The van der Waals surface area contributed by atoms with Crippen molar-refractivity contribution >= 4 is 0 Å². The predicted molar refractivity (Wildman–Crippen MR) is 59.1 cm³/mol. The number of quaternary nitrogens is 1. The molecule has 1 aromatic rings. The third-order valence-electron chi connectivity index (χ3n) is 2.03. The lowest BCUT2D eigenvalue weighted by atomic mass is 10.2. The molecule has 0 aliphatic rings. The molecule has 0 unspecified atom stereocenters. The van der Waals surface area contributed by atoms with Crippen LogP contribution in [-0.4, -0.2) is 20.3 Å². The van der Waals surface area contributed by atoms with Crippen LogP contribution < -0.4 is 15.2 Å². The summed E-state index contributed by atoms with van der Waals surface area (Å²) in [5.74, 6) is 1.31. The summed E-state index contributed by atoms with van der Waals surface area (Å²) in [6.07, 6.45) is 0. The molecule has 0 radical (unpaired) electrons. The quantitative estimate of drug-likeness (QED) is 0.338. The molecule has 16 heavy (non-hydrogen) atoms. The lowest BCUT2D eigenvalue weighted by Crippen LogP contribution is -2.47. The molecule has 0 aliphatic carbocycles. The van der Waals surface area contributed by atoms with Crippen molar-refractivity contribution < 1.29 is 15.2 Å². The normalized spacial score (nSPS) is 9.38. The second-order valence-corrected chi connectivity index (χ2v) is 3.04. The van der Waals surface area contributed by atoms with E-state index in [4.69, 9.17) is 15.0 Å². The van der Waals surface area contributed by atoms with E-state index in [0.717, 1.165) is 5.56 Å². The van der Waals surface area contributed by atoms with E-state index < -0.39 is 0 Å². The Balaban J connectivity index is 2.67. The van der Waals surface area contributed by atoms with Crippen molar-refractivity contribution in [2.45, 2.75) is 6.54 Å². The van der Waals surface area contributed by atoms with Crippen LogP contribution in [0.5, 0.6) is 11.5 Å². The molecule has 6 heteroatoms. The molecule has 0 aromatic heterocycles. The molecule has 1 rings (SSSR count). The lowest BCUT2D eigenvalue weighted by molar-refractivity contribution is -0.386. The third-order valence-corrected chi connectivity index (χ3v) is 2.03.